The molecular formula is C19H23N3O. The monoisotopic (exact) mass is 309 g/mol. The van der Waals surface area contributed by atoms with E-state index in [2.05, 4.69) is 22.4 Å². The van der Waals surface area contributed by atoms with Crippen LogP contribution in [0.2, 0.25) is 0 Å². The molecule has 1 atom stereocenters. The summed E-state index contributed by atoms with van der Waals surface area (Å²) in [5, 5.41) is 3.38. The summed E-state index contributed by atoms with van der Waals surface area (Å²) in [6.45, 7) is 5.44. The maximum absolute atomic E-state index is 12.7. The standard InChI is InChI=1S/C19H23N3O/c1-2-22(14-15-7-10-20-11-8-15)19(23)17-5-3-16(4-6-17)18-9-12-21-13-18/h3-8,10-11,18,21H,2,9,12-14H2,1H3/t18-/m1/s1. The smallest absolute Gasteiger partial charge is 0.254 e. The van der Waals surface area contributed by atoms with Gasteiger partial charge in [0, 0.05) is 37.6 Å². The lowest BCUT2D eigenvalue weighted by Gasteiger charge is -2.21. The van der Waals surface area contributed by atoms with E-state index in [1.807, 2.05) is 36.1 Å². The van der Waals surface area contributed by atoms with Crippen molar-refractivity contribution in [1.29, 1.82) is 0 Å². The topological polar surface area (TPSA) is 45.2 Å². The van der Waals surface area contributed by atoms with Crippen molar-refractivity contribution in [3.8, 4) is 0 Å². The van der Waals surface area contributed by atoms with Crippen molar-refractivity contribution < 1.29 is 4.79 Å². The van der Waals surface area contributed by atoms with Crippen LogP contribution < -0.4 is 5.32 Å². The Labute approximate surface area is 137 Å². The average molecular weight is 309 g/mol. The van der Waals surface area contributed by atoms with Crippen molar-refractivity contribution in [2.45, 2.75) is 25.8 Å². The first-order chi connectivity index (χ1) is 11.3. The fourth-order valence-corrected chi connectivity index (χ4v) is 3.06. The van der Waals surface area contributed by atoms with E-state index in [0.717, 1.165) is 24.2 Å². The molecular weight excluding hydrogens is 286 g/mol. The summed E-state index contributed by atoms with van der Waals surface area (Å²) in [6, 6.07) is 12.0. The second-order valence-corrected chi connectivity index (χ2v) is 5.99. The number of hydrogen-bond donors (Lipinski definition) is 1. The highest BCUT2D eigenvalue weighted by atomic mass is 16.2. The largest absolute Gasteiger partial charge is 0.335 e. The van der Waals surface area contributed by atoms with Gasteiger partial charge in [-0.2, -0.15) is 0 Å². The molecule has 0 saturated carbocycles. The summed E-state index contributed by atoms with van der Waals surface area (Å²) in [5.74, 6) is 0.665. The minimum absolute atomic E-state index is 0.0837. The van der Waals surface area contributed by atoms with Gasteiger partial charge in [-0.3, -0.25) is 9.78 Å². The second-order valence-electron chi connectivity index (χ2n) is 5.99. The van der Waals surface area contributed by atoms with Crippen LogP contribution in [0.5, 0.6) is 0 Å². The minimum atomic E-state index is 0.0837. The number of amides is 1. The summed E-state index contributed by atoms with van der Waals surface area (Å²) >= 11 is 0. The predicted molar refractivity (Wildman–Crippen MR) is 91.3 cm³/mol. The molecule has 1 saturated heterocycles. The highest BCUT2D eigenvalue weighted by molar-refractivity contribution is 5.94. The molecule has 1 aliphatic heterocycles. The number of nitrogens with one attached hydrogen (secondary N) is 1. The van der Waals surface area contributed by atoms with Gasteiger partial charge in [0.25, 0.3) is 5.91 Å². The van der Waals surface area contributed by atoms with Crippen LogP contribution in [-0.2, 0) is 6.54 Å². The normalized spacial score (nSPS) is 17.2. The molecule has 1 aromatic carbocycles. The molecule has 1 amide bonds. The van der Waals surface area contributed by atoms with Gasteiger partial charge in [-0.25, -0.2) is 0 Å². The molecule has 3 rings (SSSR count). The molecule has 0 unspecified atom stereocenters. The van der Waals surface area contributed by atoms with E-state index in [-0.39, 0.29) is 5.91 Å². The van der Waals surface area contributed by atoms with Crippen LogP contribution in [0.25, 0.3) is 0 Å². The molecule has 2 aromatic rings. The van der Waals surface area contributed by atoms with Crippen LogP contribution in [-0.4, -0.2) is 35.4 Å². The van der Waals surface area contributed by atoms with Crippen LogP contribution in [0.15, 0.2) is 48.8 Å². The van der Waals surface area contributed by atoms with Crippen LogP contribution in [0, 0.1) is 0 Å². The zero-order valence-electron chi connectivity index (χ0n) is 13.5. The van der Waals surface area contributed by atoms with Crippen LogP contribution >= 0.6 is 0 Å². The molecule has 120 valence electrons. The second kappa shape index (κ2) is 7.38. The van der Waals surface area contributed by atoms with Gasteiger partial charge in [0.1, 0.15) is 0 Å². The third kappa shape index (κ3) is 3.77. The molecule has 1 aromatic heterocycles. The first kappa shape index (κ1) is 15.7. The molecule has 4 nitrogen and oxygen atoms in total. The summed E-state index contributed by atoms with van der Waals surface area (Å²) in [5.41, 5.74) is 3.18. The summed E-state index contributed by atoms with van der Waals surface area (Å²) in [7, 11) is 0. The van der Waals surface area contributed by atoms with E-state index in [9.17, 15) is 4.79 Å². The lowest BCUT2D eigenvalue weighted by Crippen LogP contribution is -2.30. The van der Waals surface area contributed by atoms with E-state index >= 15 is 0 Å². The summed E-state index contributed by atoms with van der Waals surface area (Å²) in [6.07, 6.45) is 4.70. The number of rotatable bonds is 5. The van der Waals surface area contributed by atoms with Crippen molar-refractivity contribution >= 4 is 5.91 Å². The van der Waals surface area contributed by atoms with E-state index < -0.39 is 0 Å². The SMILES string of the molecule is CCN(Cc1ccncc1)C(=O)c1ccc([C@@H]2CCNC2)cc1. The first-order valence-electron chi connectivity index (χ1n) is 8.26. The number of nitrogens with zero attached hydrogens (tertiary/aromatic N) is 2. The maximum Gasteiger partial charge on any atom is 0.254 e. The quantitative estimate of drug-likeness (QED) is 0.924. The fraction of sp³-hybridized carbons (Fsp3) is 0.368. The van der Waals surface area contributed by atoms with E-state index in [1.54, 1.807) is 12.4 Å². The Hall–Kier alpha value is -2.20. The van der Waals surface area contributed by atoms with Gasteiger partial charge in [-0.1, -0.05) is 12.1 Å². The number of carbonyl (C=O) groups is 1. The van der Waals surface area contributed by atoms with Crippen LogP contribution in [0.3, 0.4) is 0 Å². The molecule has 4 heteroatoms. The van der Waals surface area contributed by atoms with Gasteiger partial charge in [0.05, 0.1) is 0 Å². The zero-order valence-corrected chi connectivity index (χ0v) is 13.5. The number of aromatic nitrogens is 1. The number of benzene rings is 1. The minimum Gasteiger partial charge on any atom is -0.335 e. The molecule has 0 radical (unpaired) electrons. The lowest BCUT2D eigenvalue weighted by molar-refractivity contribution is 0.0752. The van der Waals surface area contributed by atoms with Crippen molar-refractivity contribution in [3.05, 3.63) is 65.5 Å². The van der Waals surface area contributed by atoms with Gasteiger partial charge in [-0.05, 0) is 61.2 Å². The van der Waals surface area contributed by atoms with Crippen molar-refractivity contribution in [1.82, 2.24) is 15.2 Å². The Morgan fingerprint density at radius 3 is 2.57 bits per heavy atom. The van der Waals surface area contributed by atoms with Crippen LogP contribution in [0.1, 0.15) is 40.7 Å². The number of carbonyl (C=O) groups excluding carboxylic acids is 1. The van der Waals surface area contributed by atoms with Crippen molar-refractivity contribution in [2.75, 3.05) is 19.6 Å². The Morgan fingerprint density at radius 1 is 1.22 bits per heavy atom. The molecule has 0 aliphatic carbocycles. The molecule has 2 heterocycles. The third-order valence-corrected chi connectivity index (χ3v) is 4.48. The fourth-order valence-electron chi connectivity index (χ4n) is 3.06. The number of hydrogen-bond acceptors (Lipinski definition) is 3. The summed E-state index contributed by atoms with van der Waals surface area (Å²) < 4.78 is 0. The first-order valence-corrected chi connectivity index (χ1v) is 8.26. The van der Waals surface area contributed by atoms with Gasteiger partial charge >= 0.3 is 0 Å². The van der Waals surface area contributed by atoms with E-state index in [0.29, 0.717) is 19.0 Å². The van der Waals surface area contributed by atoms with Crippen LogP contribution in [0.4, 0.5) is 0 Å². The zero-order chi connectivity index (χ0) is 16.1. The van der Waals surface area contributed by atoms with Crippen molar-refractivity contribution in [2.24, 2.45) is 0 Å². The van der Waals surface area contributed by atoms with E-state index in [1.165, 1.54) is 12.0 Å². The Bertz CT molecular complexity index is 633. The van der Waals surface area contributed by atoms with E-state index in [4.69, 9.17) is 0 Å². The highest BCUT2D eigenvalue weighted by Crippen LogP contribution is 2.23. The number of pyridine rings is 1. The molecule has 0 bridgehead atoms. The molecule has 1 fully saturated rings. The van der Waals surface area contributed by atoms with Gasteiger partial charge in [0.15, 0.2) is 0 Å². The molecule has 0 spiro atoms. The lowest BCUT2D eigenvalue weighted by atomic mass is 9.97. The highest BCUT2D eigenvalue weighted by Gasteiger charge is 2.18. The Morgan fingerprint density at radius 2 is 1.96 bits per heavy atom. The van der Waals surface area contributed by atoms with Gasteiger partial charge < -0.3 is 10.2 Å². The molecule has 1 N–H and O–H groups in total. The molecule has 1 aliphatic rings. The predicted octanol–water partition coefficient (Wildman–Crippen LogP) is 2.82. The average Bonchev–Trinajstić information content (AvgIpc) is 3.15. The molecule has 23 heavy (non-hydrogen) atoms. The van der Waals surface area contributed by atoms with Crippen molar-refractivity contribution in [3.63, 3.8) is 0 Å². The maximum atomic E-state index is 12.7. The summed E-state index contributed by atoms with van der Waals surface area (Å²) in [4.78, 5) is 18.6. The Balaban J connectivity index is 1.70. The Kier molecular flexibility index (Phi) is 5.03. The van der Waals surface area contributed by atoms with Gasteiger partial charge in [0.2, 0.25) is 0 Å². The third-order valence-electron chi connectivity index (χ3n) is 4.48. The van der Waals surface area contributed by atoms with Gasteiger partial charge in [-0.15, -0.1) is 0 Å².